The predicted molar refractivity (Wildman–Crippen MR) is 105 cm³/mol. The van der Waals surface area contributed by atoms with Crippen LogP contribution in [0.1, 0.15) is 18.4 Å². The first-order valence-corrected chi connectivity index (χ1v) is 9.13. The third kappa shape index (κ3) is 2.86. The van der Waals surface area contributed by atoms with Crippen LogP contribution in [0.15, 0.2) is 53.3 Å². The van der Waals surface area contributed by atoms with Crippen molar-refractivity contribution in [1.29, 1.82) is 0 Å². The lowest BCUT2D eigenvalue weighted by Crippen LogP contribution is -2.44. The molecule has 0 spiro atoms. The van der Waals surface area contributed by atoms with Gasteiger partial charge in [0.05, 0.1) is 16.4 Å². The van der Waals surface area contributed by atoms with Gasteiger partial charge >= 0.3 is 5.69 Å². The molecule has 6 heteroatoms. The number of aryl methyl sites for hydroxylation is 2. The molecule has 4 rings (SSSR count). The molecule has 2 aromatic carbocycles. The van der Waals surface area contributed by atoms with Crippen molar-refractivity contribution in [2.75, 3.05) is 18.5 Å². The topological polar surface area (TPSA) is 65.3 Å². The highest BCUT2D eigenvalue weighted by Crippen LogP contribution is 2.36. The number of anilines is 1. The summed E-state index contributed by atoms with van der Waals surface area (Å²) in [6, 6.07) is 15.5. The van der Waals surface area contributed by atoms with Crippen molar-refractivity contribution in [2.24, 2.45) is 14.1 Å². The smallest absolute Gasteiger partial charge is 0.328 e. The minimum absolute atomic E-state index is 0.0303. The summed E-state index contributed by atoms with van der Waals surface area (Å²) in [6.07, 6.45) is 1.30. The second-order valence-corrected chi connectivity index (χ2v) is 7.12. The number of nitrogens with one attached hydrogen (secondary N) is 1. The maximum absolute atomic E-state index is 13.3. The van der Waals surface area contributed by atoms with Gasteiger partial charge in [0, 0.05) is 33.0 Å². The third-order valence-electron chi connectivity index (χ3n) is 5.64. The van der Waals surface area contributed by atoms with Crippen molar-refractivity contribution in [1.82, 2.24) is 9.13 Å². The zero-order chi connectivity index (χ0) is 19.0. The second-order valence-electron chi connectivity index (χ2n) is 7.12. The van der Waals surface area contributed by atoms with Crippen LogP contribution in [0.3, 0.4) is 0 Å². The zero-order valence-corrected chi connectivity index (χ0v) is 15.6. The van der Waals surface area contributed by atoms with Gasteiger partial charge in [-0.3, -0.25) is 13.9 Å². The fraction of sp³-hybridized carbons (Fsp3) is 0.333. The van der Waals surface area contributed by atoms with Crippen molar-refractivity contribution in [3.8, 4) is 0 Å². The van der Waals surface area contributed by atoms with Gasteiger partial charge in [0.2, 0.25) is 5.91 Å². The van der Waals surface area contributed by atoms with Gasteiger partial charge in [-0.1, -0.05) is 30.3 Å². The van der Waals surface area contributed by atoms with E-state index in [2.05, 4.69) is 5.32 Å². The summed E-state index contributed by atoms with van der Waals surface area (Å²) < 4.78 is 8.71. The number of benzene rings is 2. The lowest BCUT2D eigenvalue weighted by molar-refractivity contribution is -0.125. The molecular formula is C21H23N3O3. The van der Waals surface area contributed by atoms with E-state index in [-0.39, 0.29) is 11.6 Å². The van der Waals surface area contributed by atoms with Crippen LogP contribution in [-0.2, 0) is 29.0 Å². The second kappa shape index (κ2) is 6.70. The molecule has 0 atom stereocenters. The first kappa shape index (κ1) is 17.5. The number of carbonyl (C=O) groups is 1. The Morgan fingerprint density at radius 1 is 1.00 bits per heavy atom. The Labute approximate surface area is 157 Å². The molecule has 2 heterocycles. The number of amides is 1. The number of hydrogen-bond donors (Lipinski definition) is 1. The van der Waals surface area contributed by atoms with E-state index in [1.54, 1.807) is 23.2 Å². The number of fused-ring (bicyclic) bond motifs is 1. The van der Waals surface area contributed by atoms with Crippen LogP contribution in [0, 0.1) is 0 Å². The lowest BCUT2D eigenvalue weighted by atomic mass is 9.73. The van der Waals surface area contributed by atoms with E-state index in [0.29, 0.717) is 31.7 Å². The Morgan fingerprint density at radius 2 is 1.67 bits per heavy atom. The van der Waals surface area contributed by atoms with Crippen molar-refractivity contribution in [2.45, 2.75) is 18.3 Å². The fourth-order valence-electron chi connectivity index (χ4n) is 3.96. The minimum Gasteiger partial charge on any atom is -0.381 e. The first-order chi connectivity index (χ1) is 13.0. The molecule has 1 N–H and O–H groups in total. The maximum atomic E-state index is 13.3. The summed E-state index contributed by atoms with van der Waals surface area (Å²) >= 11 is 0. The molecule has 0 bridgehead atoms. The molecule has 1 saturated heterocycles. The van der Waals surface area contributed by atoms with Crippen molar-refractivity contribution in [3.05, 3.63) is 64.6 Å². The summed E-state index contributed by atoms with van der Waals surface area (Å²) in [4.78, 5) is 25.5. The molecule has 27 heavy (non-hydrogen) atoms. The zero-order valence-electron chi connectivity index (χ0n) is 15.6. The molecule has 1 aromatic heterocycles. The van der Waals surface area contributed by atoms with Crippen LogP contribution in [0.2, 0.25) is 0 Å². The molecule has 140 valence electrons. The van der Waals surface area contributed by atoms with E-state index in [1.165, 1.54) is 0 Å². The molecule has 0 aliphatic carbocycles. The predicted octanol–water partition coefficient (Wildman–Crippen LogP) is 2.56. The van der Waals surface area contributed by atoms with Crippen LogP contribution in [0.4, 0.5) is 5.69 Å². The SMILES string of the molecule is Cn1c(=O)n(C)c2cc(NC(=O)C3(c4ccccc4)CCOCC3)ccc21. The van der Waals surface area contributed by atoms with Crippen molar-refractivity contribution < 1.29 is 9.53 Å². The molecule has 1 aliphatic rings. The quantitative estimate of drug-likeness (QED) is 0.776. The largest absolute Gasteiger partial charge is 0.381 e. The monoisotopic (exact) mass is 365 g/mol. The number of imidazole rings is 1. The molecule has 1 aliphatic heterocycles. The van der Waals surface area contributed by atoms with E-state index in [4.69, 9.17) is 4.74 Å². The number of aromatic nitrogens is 2. The molecule has 3 aromatic rings. The first-order valence-electron chi connectivity index (χ1n) is 9.13. The number of rotatable bonds is 3. The van der Waals surface area contributed by atoms with Crippen LogP contribution >= 0.6 is 0 Å². The summed E-state index contributed by atoms with van der Waals surface area (Å²) in [7, 11) is 3.48. The average molecular weight is 365 g/mol. The normalized spacial score (nSPS) is 16.4. The van der Waals surface area contributed by atoms with Gasteiger partial charge in [0.15, 0.2) is 0 Å². The molecule has 0 radical (unpaired) electrons. The number of carbonyl (C=O) groups excluding carboxylic acids is 1. The van der Waals surface area contributed by atoms with Gasteiger partial charge in [0.1, 0.15) is 0 Å². The van der Waals surface area contributed by atoms with E-state index >= 15 is 0 Å². The molecule has 0 unspecified atom stereocenters. The molecule has 1 amide bonds. The molecule has 1 fully saturated rings. The Hall–Kier alpha value is -2.86. The third-order valence-corrected chi connectivity index (χ3v) is 5.64. The fourth-order valence-corrected chi connectivity index (χ4v) is 3.96. The van der Waals surface area contributed by atoms with Crippen LogP contribution in [0.25, 0.3) is 11.0 Å². The Balaban J connectivity index is 1.70. The number of ether oxygens (including phenoxy) is 1. The summed E-state index contributed by atoms with van der Waals surface area (Å²) in [6.45, 7) is 1.13. The maximum Gasteiger partial charge on any atom is 0.328 e. The number of hydrogen-bond acceptors (Lipinski definition) is 3. The summed E-state index contributed by atoms with van der Waals surface area (Å²) in [5.41, 5.74) is 2.65. The summed E-state index contributed by atoms with van der Waals surface area (Å²) in [5, 5.41) is 3.08. The standard InChI is InChI=1S/C21H23N3O3/c1-23-17-9-8-16(14-18(17)24(2)20(23)26)22-19(25)21(10-12-27-13-11-21)15-6-4-3-5-7-15/h3-9,14H,10-13H2,1-2H3,(H,22,25). The number of nitrogens with zero attached hydrogens (tertiary/aromatic N) is 2. The van der Waals surface area contributed by atoms with Gasteiger partial charge in [-0.15, -0.1) is 0 Å². The summed E-state index contributed by atoms with van der Waals surface area (Å²) in [5.74, 6) is -0.0303. The van der Waals surface area contributed by atoms with E-state index < -0.39 is 5.41 Å². The van der Waals surface area contributed by atoms with E-state index in [1.807, 2.05) is 48.5 Å². The van der Waals surface area contributed by atoms with Crippen molar-refractivity contribution in [3.63, 3.8) is 0 Å². The minimum atomic E-state index is -0.600. The van der Waals surface area contributed by atoms with Gasteiger partial charge < -0.3 is 10.1 Å². The Bertz CT molecular complexity index is 1040. The highest BCUT2D eigenvalue weighted by atomic mass is 16.5. The Morgan fingerprint density at radius 3 is 2.37 bits per heavy atom. The van der Waals surface area contributed by atoms with Gasteiger partial charge in [0.25, 0.3) is 0 Å². The van der Waals surface area contributed by atoms with Crippen molar-refractivity contribution >= 4 is 22.6 Å². The van der Waals surface area contributed by atoms with Crippen LogP contribution < -0.4 is 11.0 Å². The average Bonchev–Trinajstić information content (AvgIpc) is 2.93. The van der Waals surface area contributed by atoms with Gasteiger partial charge in [-0.05, 0) is 36.6 Å². The Kier molecular flexibility index (Phi) is 4.36. The molecular weight excluding hydrogens is 342 g/mol. The van der Waals surface area contributed by atoms with Crippen LogP contribution in [0.5, 0.6) is 0 Å². The molecule has 6 nitrogen and oxygen atoms in total. The highest BCUT2D eigenvalue weighted by Gasteiger charge is 2.41. The van der Waals surface area contributed by atoms with Gasteiger partial charge in [-0.25, -0.2) is 4.79 Å². The van der Waals surface area contributed by atoms with E-state index in [0.717, 1.165) is 16.6 Å². The lowest BCUT2D eigenvalue weighted by Gasteiger charge is -2.36. The van der Waals surface area contributed by atoms with Crippen LogP contribution in [-0.4, -0.2) is 28.3 Å². The van der Waals surface area contributed by atoms with Gasteiger partial charge in [-0.2, -0.15) is 0 Å². The highest BCUT2D eigenvalue weighted by molar-refractivity contribution is 6.00. The molecule has 0 saturated carbocycles. The van der Waals surface area contributed by atoms with E-state index in [9.17, 15) is 9.59 Å².